The Labute approximate surface area is 309 Å². The van der Waals surface area contributed by atoms with Crippen LogP contribution in [-0.4, -0.2) is 15.0 Å². The van der Waals surface area contributed by atoms with Gasteiger partial charge in [-0.05, 0) is 72.4 Å². The van der Waals surface area contributed by atoms with Gasteiger partial charge < -0.3 is 0 Å². The summed E-state index contributed by atoms with van der Waals surface area (Å²) in [7, 11) is 0. The lowest BCUT2D eigenvalue weighted by molar-refractivity contribution is 1.08. The lowest BCUT2D eigenvalue weighted by Gasteiger charge is -2.13. The minimum atomic E-state index is 0.647. The molecule has 11 aromatic rings. The van der Waals surface area contributed by atoms with E-state index in [-0.39, 0.29) is 0 Å². The van der Waals surface area contributed by atoms with Crippen molar-refractivity contribution in [2.45, 2.75) is 0 Å². The van der Waals surface area contributed by atoms with Gasteiger partial charge in [-0.1, -0.05) is 158 Å². The van der Waals surface area contributed by atoms with Gasteiger partial charge in [-0.2, -0.15) is 0 Å². The number of thiophene rings is 1. The molecular weight excluding hydrogens is 663 g/mol. The van der Waals surface area contributed by atoms with Crippen molar-refractivity contribution in [2.24, 2.45) is 0 Å². The summed E-state index contributed by atoms with van der Waals surface area (Å²) in [6.07, 6.45) is 0. The summed E-state index contributed by atoms with van der Waals surface area (Å²) < 4.78 is 2.49. The van der Waals surface area contributed by atoms with E-state index in [9.17, 15) is 0 Å². The summed E-state index contributed by atoms with van der Waals surface area (Å²) in [4.78, 5) is 15.7. The Morgan fingerprint density at radius 3 is 1.62 bits per heavy atom. The van der Waals surface area contributed by atoms with Crippen LogP contribution in [0.2, 0.25) is 0 Å². The summed E-state index contributed by atoms with van der Waals surface area (Å²) in [5, 5.41) is 12.0. The van der Waals surface area contributed by atoms with E-state index >= 15 is 0 Å². The number of benzene rings is 9. The van der Waals surface area contributed by atoms with E-state index in [1.165, 1.54) is 63.6 Å². The molecule has 0 aliphatic carbocycles. The second-order valence-corrected chi connectivity index (χ2v) is 14.7. The maximum Gasteiger partial charge on any atom is 0.164 e. The number of nitrogens with zero attached hydrogens (tertiary/aromatic N) is 3. The number of hydrogen-bond acceptors (Lipinski definition) is 4. The van der Waals surface area contributed by atoms with E-state index in [0.29, 0.717) is 17.5 Å². The monoisotopic (exact) mass is 691 g/mol. The molecule has 0 N–H and O–H groups in total. The zero-order valence-electron chi connectivity index (χ0n) is 28.5. The van der Waals surface area contributed by atoms with Crippen LogP contribution >= 0.6 is 11.3 Å². The predicted octanol–water partition coefficient (Wildman–Crippen LogP) is 13.5. The third-order valence-electron chi connectivity index (χ3n) is 10.5. The first kappa shape index (κ1) is 29.9. The molecule has 4 heteroatoms. The Morgan fingerprint density at radius 1 is 0.283 bits per heavy atom. The van der Waals surface area contributed by atoms with Crippen molar-refractivity contribution in [1.82, 2.24) is 15.0 Å². The fourth-order valence-corrected chi connectivity index (χ4v) is 9.11. The minimum Gasteiger partial charge on any atom is -0.208 e. The van der Waals surface area contributed by atoms with Crippen molar-refractivity contribution in [1.29, 1.82) is 0 Å². The second kappa shape index (κ2) is 11.9. The molecule has 0 radical (unpaired) electrons. The fraction of sp³-hybridized carbons (Fsp3) is 0. The number of fused-ring (bicyclic) bond motifs is 8. The fourth-order valence-electron chi connectivity index (χ4n) is 7.96. The van der Waals surface area contributed by atoms with Gasteiger partial charge in [0, 0.05) is 36.9 Å². The molecule has 246 valence electrons. The van der Waals surface area contributed by atoms with Crippen LogP contribution in [0.5, 0.6) is 0 Å². The standard InChI is InChI=1S/C49H29N3S/c1-3-14-35-30(10-1)12-7-17-37(35)39-18-8-13-32-22-23-33(28-44(32)39)47-50-48(34-25-27-42-41-16-5-6-21-45(41)53-46(42)29-34)52-49(51-47)43-20-9-19-38-36-15-4-2-11-31(36)24-26-40(38)43/h1-29H. The highest BCUT2D eigenvalue weighted by atomic mass is 32.1. The molecule has 0 unspecified atom stereocenters. The van der Waals surface area contributed by atoms with Crippen molar-refractivity contribution in [3.63, 3.8) is 0 Å². The Balaban J connectivity index is 1.15. The van der Waals surface area contributed by atoms with E-state index in [1.807, 2.05) is 0 Å². The third-order valence-corrected chi connectivity index (χ3v) is 11.7. The molecule has 2 heterocycles. The van der Waals surface area contributed by atoms with Gasteiger partial charge in [0.2, 0.25) is 0 Å². The Kier molecular flexibility index (Phi) is 6.73. The molecule has 0 amide bonds. The molecule has 2 aromatic heterocycles. The summed E-state index contributed by atoms with van der Waals surface area (Å²) in [5.41, 5.74) is 5.30. The number of aromatic nitrogens is 3. The smallest absolute Gasteiger partial charge is 0.164 e. The highest BCUT2D eigenvalue weighted by Gasteiger charge is 2.17. The Hall–Kier alpha value is -6.75. The van der Waals surface area contributed by atoms with Crippen molar-refractivity contribution in [2.75, 3.05) is 0 Å². The zero-order valence-corrected chi connectivity index (χ0v) is 29.3. The van der Waals surface area contributed by atoms with Gasteiger partial charge >= 0.3 is 0 Å². The maximum atomic E-state index is 5.27. The molecule has 0 aliphatic rings. The summed E-state index contributed by atoms with van der Waals surface area (Å²) in [5.74, 6) is 1.96. The number of hydrogen-bond donors (Lipinski definition) is 0. The average Bonchev–Trinajstić information content (AvgIpc) is 3.60. The highest BCUT2D eigenvalue weighted by molar-refractivity contribution is 7.25. The molecule has 0 saturated carbocycles. The van der Waals surface area contributed by atoms with E-state index in [0.717, 1.165) is 27.5 Å². The first-order chi connectivity index (χ1) is 26.2. The first-order valence-corrected chi connectivity index (χ1v) is 18.7. The highest BCUT2D eigenvalue weighted by Crippen LogP contribution is 2.39. The molecule has 0 bridgehead atoms. The molecule has 0 spiro atoms. The lowest BCUT2D eigenvalue weighted by Crippen LogP contribution is -2.00. The summed E-state index contributed by atoms with van der Waals surface area (Å²) >= 11 is 1.81. The molecule has 0 aliphatic heterocycles. The summed E-state index contributed by atoms with van der Waals surface area (Å²) in [6, 6.07) is 62.8. The van der Waals surface area contributed by atoms with Crippen molar-refractivity contribution in [3.05, 3.63) is 176 Å². The topological polar surface area (TPSA) is 38.7 Å². The Morgan fingerprint density at radius 2 is 0.792 bits per heavy atom. The van der Waals surface area contributed by atoms with Crippen LogP contribution in [0.4, 0.5) is 0 Å². The first-order valence-electron chi connectivity index (χ1n) is 17.9. The SMILES string of the molecule is c1ccc2c(-c3cccc4ccc(-c5nc(-c6ccc7c(c6)sc6ccccc67)nc(-c6cccc7c6ccc6ccccc67)n5)cc34)cccc2c1. The van der Waals surface area contributed by atoms with Crippen LogP contribution in [0, 0.1) is 0 Å². The molecule has 0 fully saturated rings. The third kappa shape index (κ3) is 4.91. The minimum absolute atomic E-state index is 0.647. The largest absolute Gasteiger partial charge is 0.208 e. The predicted molar refractivity (Wildman–Crippen MR) is 224 cm³/mol. The van der Waals surface area contributed by atoms with Gasteiger partial charge in [0.25, 0.3) is 0 Å². The average molecular weight is 692 g/mol. The zero-order chi connectivity index (χ0) is 34.9. The molecule has 0 atom stereocenters. The van der Waals surface area contributed by atoms with E-state index in [4.69, 9.17) is 15.0 Å². The second-order valence-electron chi connectivity index (χ2n) is 13.6. The van der Waals surface area contributed by atoms with Gasteiger partial charge in [-0.3, -0.25) is 0 Å². The van der Waals surface area contributed by atoms with E-state index in [2.05, 4.69) is 176 Å². The lowest BCUT2D eigenvalue weighted by atomic mass is 9.93. The molecule has 9 aromatic carbocycles. The van der Waals surface area contributed by atoms with Crippen LogP contribution < -0.4 is 0 Å². The van der Waals surface area contributed by atoms with Gasteiger partial charge in [0.1, 0.15) is 0 Å². The van der Waals surface area contributed by atoms with Crippen LogP contribution in [0.25, 0.3) is 109 Å². The van der Waals surface area contributed by atoms with Gasteiger partial charge in [-0.15, -0.1) is 11.3 Å². The van der Waals surface area contributed by atoms with Crippen LogP contribution in [0.3, 0.4) is 0 Å². The normalized spacial score (nSPS) is 11.8. The summed E-state index contributed by atoms with van der Waals surface area (Å²) in [6.45, 7) is 0. The van der Waals surface area contributed by atoms with Gasteiger partial charge in [0.05, 0.1) is 0 Å². The van der Waals surface area contributed by atoms with Crippen LogP contribution in [-0.2, 0) is 0 Å². The Bertz CT molecular complexity index is 3250. The van der Waals surface area contributed by atoms with Gasteiger partial charge in [-0.25, -0.2) is 15.0 Å². The molecule has 11 rings (SSSR count). The van der Waals surface area contributed by atoms with E-state index in [1.54, 1.807) is 11.3 Å². The van der Waals surface area contributed by atoms with Crippen LogP contribution in [0.1, 0.15) is 0 Å². The molecular formula is C49H29N3S. The van der Waals surface area contributed by atoms with Crippen molar-refractivity contribution < 1.29 is 0 Å². The van der Waals surface area contributed by atoms with Crippen LogP contribution in [0.15, 0.2) is 176 Å². The molecule has 3 nitrogen and oxygen atoms in total. The van der Waals surface area contributed by atoms with E-state index < -0.39 is 0 Å². The van der Waals surface area contributed by atoms with Crippen molar-refractivity contribution in [3.8, 4) is 45.3 Å². The maximum absolute atomic E-state index is 5.27. The molecule has 53 heavy (non-hydrogen) atoms. The van der Waals surface area contributed by atoms with Gasteiger partial charge in [0.15, 0.2) is 17.5 Å². The molecule has 0 saturated heterocycles. The van der Waals surface area contributed by atoms with Crippen molar-refractivity contribution >= 4 is 74.6 Å². The quantitative estimate of drug-likeness (QED) is 0.172. The number of rotatable bonds is 4.